The summed E-state index contributed by atoms with van der Waals surface area (Å²) in [7, 11) is 0. The molecular formula is C15H20N2O. The van der Waals surface area contributed by atoms with Crippen LogP contribution in [-0.4, -0.2) is 36.0 Å². The Bertz CT molecular complexity index is 418. The van der Waals surface area contributed by atoms with Crippen LogP contribution in [0, 0.1) is 0 Å². The molecule has 1 aromatic carbocycles. The van der Waals surface area contributed by atoms with Crippen LogP contribution in [0.25, 0.3) is 0 Å². The van der Waals surface area contributed by atoms with Crippen molar-refractivity contribution in [1.82, 2.24) is 10.2 Å². The summed E-state index contributed by atoms with van der Waals surface area (Å²) in [5.41, 5.74) is 0.770. The number of nitrogens with zero attached hydrogens (tertiary/aromatic N) is 1. The van der Waals surface area contributed by atoms with Crippen molar-refractivity contribution >= 4 is 5.91 Å². The van der Waals surface area contributed by atoms with Crippen LogP contribution in [0.3, 0.4) is 0 Å². The second-order valence-corrected chi connectivity index (χ2v) is 5.33. The average molecular weight is 244 g/mol. The summed E-state index contributed by atoms with van der Waals surface area (Å²) in [6.07, 6.45) is 4.96. The highest BCUT2D eigenvalue weighted by atomic mass is 16.1. The molecule has 3 nitrogen and oxygen atoms in total. The van der Waals surface area contributed by atoms with Gasteiger partial charge in [0.15, 0.2) is 0 Å². The second-order valence-electron chi connectivity index (χ2n) is 5.33. The third-order valence-corrected chi connectivity index (χ3v) is 4.21. The fraction of sp³-hybridized carbons (Fsp3) is 0.533. The van der Waals surface area contributed by atoms with Gasteiger partial charge in [0.05, 0.1) is 0 Å². The van der Waals surface area contributed by atoms with Gasteiger partial charge in [-0.2, -0.15) is 0 Å². The van der Waals surface area contributed by atoms with Crippen LogP contribution in [0.5, 0.6) is 0 Å². The molecule has 0 aliphatic carbocycles. The van der Waals surface area contributed by atoms with Gasteiger partial charge in [-0.25, -0.2) is 0 Å². The van der Waals surface area contributed by atoms with Crippen molar-refractivity contribution in [3.8, 4) is 0 Å². The van der Waals surface area contributed by atoms with E-state index in [4.69, 9.17) is 0 Å². The van der Waals surface area contributed by atoms with Gasteiger partial charge in [0.2, 0.25) is 0 Å². The van der Waals surface area contributed by atoms with Crippen molar-refractivity contribution in [3.63, 3.8) is 0 Å². The molecule has 2 unspecified atom stereocenters. The van der Waals surface area contributed by atoms with Crippen LogP contribution in [-0.2, 0) is 0 Å². The molecule has 3 heteroatoms. The number of benzene rings is 1. The zero-order valence-corrected chi connectivity index (χ0v) is 10.6. The number of amides is 1. The predicted octanol–water partition coefficient (Wildman–Crippen LogP) is 2.04. The van der Waals surface area contributed by atoms with Crippen LogP contribution in [0.4, 0.5) is 0 Å². The molecule has 2 saturated heterocycles. The van der Waals surface area contributed by atoms with E-state index in [0.717, 1.165) is 18.5 Å². The first-order chi connectivity index (χ1) is 8.84. The van der Waals surface area contributed by atoms with Gasteiger partial charge in [-0.05, 0) is 37.9 Å². The van der Waals surface area contributed by atoms with E-state index < -0.39 is 0 Å². The first-order valence-electron chi connectivity index (χ1n) is 6.94. The van der Waals surface area contributed by atoms with Crippen molar-refractivity contribution < 1.29 is 4.79 Å². The van der Waals surface area contributed by atoms with E-state index in [1.165, 1.54) is 25.8 Å². The Kier molecular flexibility index (Phi) is 3.33. The highest BCUT2D eigenvalue weighted by molar-refractivity contribution is 5.94. The lowest BCUT2D eigenvalue weighted by Crippen LogP contribution is -2.46. The van der Waals surface area contributed by atoms with Gasteiger partial charge in [-0.3, -0.25) is 9.69 Å². The average Bonchev–Trinajstić information content (AvgIpc) is 2.83. The summed E-state index contributed by atoms with van der Waals surface area (Å²) < 4.78 is 0. The van der Waals surface area contributed by atoms with Crippen LogP contribution >= 0.6 is 0 Å². The third-order valence-electron chi connectivity index (χ3n) is 4.21. The molecule has 1 amide bonds. The van der Waals surface area contributed by atoms with Crippen LogP contribution in [0.2, 0.25) is 0 Å². The predicted molar refractivity (Wildman–Crippen MR) is 71.5 cm³/mol. The number of piperidine rings is 1. The molecule has 0 spiro atoms. The van der Waals surface area contributed by atoms with E-state index in [1.54, 1.807) is 0 Å². The first-order valence-corrected chi connectivity index (χ1v) is 6.94. The standard InChI is InChI=1S/C15H20N2O/c18-15(12-6-2-1-3-7-12)16-13-9-11-17-10-5-4-8-14(13)17/h1-3,6-7,13-14H,4-5,8-11H2,(H,16,18). The topological polar surface area (TPSA) is 32.3 Å². The van der Waals surface area contributed by atoms with Crippen molar-refractivity contribution in [2.45, 2.75) is 37.8 Å². The van der Waals surface area contributed by atoms with Crippen LogP contribution in [0.1, 0.15) is 36.0 Å². The number of rotatable bonds is 2. The third kappa shape index (κ3) is 2.27. The molecule has 1 aromatic rings. The molecule has 18 heavy (non-hydrogen) atoms. The molecule has 1 N–H and O–H groups in total. The number of carbonyl (C=O) groups excluding carboxylic acids is 1. The molecule has 2 aliphatic heterocycles. The molecule has 2 atom stereocenters. The Morgan fingerprint density at radius 3 is 2.78 bits per heavy atom. The largest absolute Gasteiger partial charge is 0.348 e. The number of hydrogen-bond acceptors (Lipinski definition) is 2. The number of carbonyl (C=O) groups is 1. The summed E-state index contributed by atoms with van der Waals surface area (Å²) in [4.78, 5) is 14.7. The van der Waals surface area contributed by atoms with E-state index in [1.807, 2.05) is 30.3 Å². The number of hydrogen-bond donors (Lipinski definition) is 1. The SMILES string of the molecule is O=C(NC1CCN2CCCCC12)c1ccccc1. The lowest BCUT2D eigenvalue weighted by atomic mass is 9.99. The van der Waals surface area contributed by atoms with Gasteiger partial charge in [0.25, 0.3) is 5.91 Å². The lowest BCUT2D eigenvalue weighted by molar-refractivity contribution is 0.0915. The van der Waals surface area contributed by atoms with Gasteiger partial charge < -0.3 is 5.32 Å². The van der Waals surface area contributed by atoms with Crippen molar-refractivity contribution in [1.29, 1.82) is 0 Å². The Morgan fingerprint density at radius 2 is 1.94 bits per heavy atom. The van der Waals surface area contributed by atoms with Crippen molar-refractivity contribution in [2.75, 3.05) is 13.1 Å². The maximum atomic E-state index is 12.1. The Balaban J connectivity index is 1.65. The van der Waals surface area contributed by atoms with Gasteiger partial charge >= 0.3 is 0 Å². The summed E-state index contributed by atoms with van der Waals surface area (Å²) in [6, 6.07) is 10.4. The Hall–Kier alpha value is -1.35. The summed E-state index contributed by atoms with van der Waals surface area (Å²) in [5.74, 6) is 0.0769. The lowest BCUT2D eigenvalue weighted by Gasteiger charge is -2.32. The van der Waals surface area contributed by atoms with Gasteiger partial charge in [0.1, 0.15) is 0 Å². The highest BCUT2D eigenvalue weighted by Gasteiger charge is 2.36. The quantitative estimate of drug-likeness (QED) is 0.863. The maximum absolute atomic E-state index is 12.1. The number of nitrogens with one attached hydrogen (secondary N) is 1. The minimum Gasteiger partial charge on any atom is -0.348 e. The molecule has 0 aromatic heterocycles. The molecule has 0 radical (unpaired) electrons. The van der Waals surface area contributed by atoms with Gasteiger partial charge in [0, 0.05) is 24.2 Å². The molecule has 2 heterocycles. The van der Waals surface area contributed by atoms with Crippen LogP contribution in [0.15, 0.2) is 30.3 Å². The minimum absolute atomic E-state index is 0.0769. The van der Waals surface area contributed by atoms with Gasteiger partial charge in [-0.1, -0.05) is 24.6 Å². The molecular weight excluding hydrogens is 224 g/mol. The molecule has 96 valence electrons. The molecule has 2 fully saturated rings. The highest BCUT2D eigenvalue weighted by Crippen LogP contribution is 2.27. The van der Waals surface area contributed by atoms with E-state index in [0.29, 0.717) is 12.1 Å². The number of fused-ring (bicyclic) bond motifs is 1. The maximum Gasteiger partial charge on any atom is 0.251 e. The summed E-state index contributed by atoms with van der Waals surface area (Å²) in [6.45, 7) is 2.35. The monoisotopic (exact) mass is 244 g/mol. The molecule has 0 bridgehead atoms. The van der Waals surface area contributed by atoms with E-state index >= 15 is 0 Å². The molecule has 3 rings (SSSR count). The van der Waals surface area contributed by atoms with E-state index in [2.05, 4.69) is 10.2 Å². The molecule has 0 saturated carbocycles. The van der Waals surface area contributed by atoms with Gasteiger partial charge in [-0.15, -0.1) is 0 Å². The molecule has 2 aliphatic rings. The second kappa shape index (κ2) is 5.11. The fourth-order valence-corrected chi connectivity index (χ4v) is 3.26. The zero-order chi connectivity index (χ0) is 12.4. The summed E-state index contributed by atoms with van der Waals surface area (Å²) in [5, 5.41) is 3.21. The Labute approximate surface area is 108 Å². The van der Waals surface area contributed by atoms with Crippen molar-refractivity contribution in [3.05, 3.63) is 35.9 Å². The Morgan fingerprint density at radius 1 is 1.11 bits per heavy atom. The van der Waals surface area contributed by atoms with E-state index in [-0.39, 0.29) is 5.91 Å². The minimum atomic E-state index is 0.0769. The zero-order valence-electron chi connectivity index (χ0n) is 10.6. The van der Waals surface area contributed by atoms with E-state index in [9.17, 15) is 4.79 Å². The smallest absolute Gasteiger partial charge is 0.251 e. The summed E-state index contributed by atoms with van der Waals surface area (Å²) >= 11 is 0. The van der Waals surface area contributed by atoms with Crippen molar-refractivity contribution in [2.24, 2.45) is 0 Å². The van der Waals surface area contributed by atoms with Crippen LogP contribution < -0.4 is 5.32 Å². The first kappa shape index (κ1) is 11.7. The fourth-order valence-electron chi connectivity index (χ4n) is 3.26. The normalized spacial score (nSPS) is 27.8.